The molecule has 0 atom stereocenters. The zero-order valence-electron chi connectivity index (χ0n) is 10.8. The zero-order chi connectivity index (χ0) is 12.8. The highest BCUT2D eigenvalue weighted by molar-refractivity contribution is 6.17. The highest BCUT2D eigenvalue weighted by atomic mass is 35.5. The molecule has 0 bridgehead atoms. The van der Waals surface area contributed by atoms with E-state index in [0.29, 0.717) is 12.3 Å². The molecule has 17 heavy (non-hydrogen) atoms. The second kappa shape index (κ2) is 6.65. The van der Waals surface area contributed by atoms with Gasteiger partial charge in [-0.15, -0.1) is 11.6 Å². The molecular weight excluding hydrogens is 234 g/mol. The van der Waals surface area contributed by atoms with Crippen LogP contribution in [0.5, 0.6) is 0 Å². The molecule has 0 spiro atoms. The summed E-state index contributed by atoms with van der Waals surface area (Å²) in [5, 5.41) is 2.98. The van der Waals surface area contributed by atoms with Gasteiger partial charge in [0.2, 0.25) is 5.91 Å². The Morgan fingerprint density at radius 2 is 1.76 bits per heavy atom. The first-order chi connectivity index (χ1) is 8.04. The van der Waals surface area contributed by atoms with Crippen LogP contribution in [0.1, 0.15) is 36.0 Å². The molecular formula is C14H20ClNO. The lowest BCUT2D eigenvalue weighted by molar-refractivity contribution is -0.116. The number of hydrogen-bond donors (Lipinski definition) is 1. The molecule has 1 amide bonds. The van der Waals surface area contributed by atoms with Crippen molar-refractivity contribution in [1.29, 1.82) is 0 Å². The number of hydrogen-bond acceptors (Lipinski definition) is 1. The maximum atomic E-state index is 11.7. The fourth-order valence-electron chi connectivity index (χ4n) is 1.96. The van der Waals surface area contributed by atoms with E-state index in [9.17, 15) is 4.79 Å². The van der Waals surface area contributed by atoms with Crippen molar-refractivity contribution in [3.8, 4) is 0 Å². The van der Waals surface area contributed by atoms with Crippen molar-refractivity contribution in [3.05, 3.63) is 28.8 Å². The van der Waals surface area contributed by atoms with Crippen molar-refractivity contribution in [1.82, 2.24) is 0 Å². The third-order valence-corrected chi connectivity index (χ3v) is 3.00. The van der Waals surface area contributed by atoms with Crippen molar-refractivity contribution in [2.24, 2.45) is 0 Å². The van der Waals surface area contributed by atoms with Crippen LogP contribution in [0.3, 0.4) is 0 Å². The van der Waals surface area contributed by atoms with Gasteiger partial charge in [0.1, 0.15) is 0 Å². The van der Waals surface area contributed by atoms with Crippen molar-refractivity contribution in [3.63, 3.8) is 0 Å². The number of alkyl halides is 1. The zero-order valence-corrected chi connectivity index (χ0v) is 11.5. The number of unbranched alkanes of at least 4 members (excludes halogenated alkanes) is 1. The predicted octanol–water partition coefficient (Wildman–Crippen LogP) is 3.96. The Bertz CT molecular complexity index is 378. The number of rotatable bonds is 5. The Morgan fingerprint density at radius 3 is 2.29 bits per heavy atom. The normalized spacial score (nSPS) is 10.4. The van der Waals surface area contributed by atoms with Crippen LogP contribution < -0.4 is 5.32 Å². The van der Waals surface area contributed by atoms with E-state index in [4.69, 9.17) is 11.6 Å². The van der Waals surface area contributed by atoms with Gasteiger partial charge in [-0.25, -0.2) is 0 Å². The lowest BCUT2D eigenvalue weighted by atomic mass is 10.0. The minimum absolute atomic E-state index is 0.0742. The number of carbonyl (C=O) groups excluding carboxylic acids is 1. The number of anilines is 1. The van der Waals surface area contributed by atoms with E-state index in [2.05, 4.69) is 24.4 Å². The quantitative estimate of drug-likeness (QED) is 0.625. The highest BCUT2D eigenvalue weighted by Crippen LogP contribution is 2.22. The molecule has 1 aromatic carbocycles. The second-order valence-corrected chi connectivity index (χ2v) is 4.85. The van der Waals surface area contributed by atoms with E-state index in [-0.39, 0.29) is 5.91 Å². The summed E-state index contributed by atoms with van der Waals surface area (Å²) in [5.74, 6) is 0.695. The Kier molecular flexibility index (Phi) is 5.49. The van der Waals surface area contributed by atoms with Crippen LogP contribution in [0.15, 0.2) is 12.1 Å². The topological polar surface area (TPSA) is 29.1 Å². The van der Waals surface area contributed by atoms with Crippen molar-refractivity contribution >= 4 is 23.2 Å². The van der Waals surface area contributed by atoms with Crippen LogP contribution in [-0.4, -0.2) is 11.8 Å². The number of carbonyl (C=O) groups is 1. The molecule has 0 heterocycles. The molecule has 0 aromatic heterocycles. The molecule has 3 heteroatoms. The lowest BCUT2D eigenvalue weighted by Gasteiger charge is -2.12. The van der Waals surface area contributed by atoms with Gasteiger partial charge in [-0.3, -0.25) is 4.79 Å². The Hall–Kier alpha value is -1.02. The maximum Gasteiger partial charge on any atom is 0.224 e. The Morgan fingerprint density at radius 1 is 1.18 bits per heavy atom. The van der Waals surface area contributed by atoms with Gasteiger partial charge in [0.15, 0.2) is 0 Å². The van der Waals surface area contributed by atoms with E-state index < -0.39 is 0 Å². The van der Waals surface area contributed by atoms with Crippen LogP contribution in [0.4, 0.5) is 5.69 Å². The first-order valence-corrected chi connectivity index (χ1v) is 6.51. The first kappa shape index (κ1) is 14.0. The van der Waals surface area contributed by atoms with Crippen molar-refractivity contribution in [2.75, 3.05) is 11.2 Å². The Labute approximate surface area is 108 Å². The van der Waals surface area contributed by atoms with Crippen LogP contribution in [0.25, 0.3) is 0 Å². The van der Waals surface area contributed by atoms with E-state index in [1.54, 1.807) is 0 Å². The van der Waals surface area contributed by atoms with Gasteiger partial charge in [-0.1, -0.05) is 17.7 Å². The third kappa shape index (κ3) is 4.39. The molecule has 1 N–H and O–H groups in total. The SMILES string of the molecule is Cc1cc(C)c(NC(=O)CCCCCl)c(C)c1. The predicted molar refractivity (Wildman–Crippen MR) is 73.9 cm³/mol. The number of halogens is 1. The van der Waals surface area contributed by atoms with Gasteiger partial charge in [-0.05, 0) is 44.7 Å². The number of benzene rings is 1. The van der Waals surface area contributed by atoms with Crippen LogP contribution in [0, 0.1) is 20.8 Å². The third-order valence-electron chi connectivity index (χ3n) is 2.73. The minimum Gasteiger partial charge on any atom is -0.326 e. The fraction of sp³-hybridized carbons (Fsp3) is 0.500. The van der Waals surface area contributed by atoms with Gasteiger partial charge < -0.3 is 5.32 Å². The van der Waals surface area contributed by atoms with E-state index in [1.807, 2.05) is 13.8 Å². The van der Waals surface area contributed by atoms with Crippen LogP contribution in [-0.2, 0) is 4.79 Å². The summed E-state index contributed by atoms with van der Waals surface area (Å²) in [5.41, 5.74) is 4.41. The molecule has 0 unspecified atom stereocenters. The molecule has 0 aliphatic carbocycles. The van der Waals surface area contributed by atoms with Gasteiger partial charge >= 0.3 is 0 Å². The van der Waals surface area contributed by atoms with Crippen molar-refractivity contribution in [2.45, 2.75) is 40.0 Å². The Balaban J connectivity index is 2.65. The van der Waals surface area contributed by atoms with Gasteiger partial charge in [0, 0.05) is 18.0 Å². The first-order valence-electron chi connectivity index (χ1n) is 5.98. The smallest absolute Gasteiger partial charge is 0.224 e. The second-order valence-electron chi connectivity index (χ2n) is 4.47. The molecule has 0 aliphatic rings. The van der Waals surface area contributed by atoms with Crippen LogP contribution in [0.2, 0.25) is 0 Å². The molecule has 0 saturated heterocycles. The van der Waals surface area contributed by atoms with Crippen LogP contribution >= 0.6 is 11.6 Å². The van der Waals surface area contributed by atoms with Gasteiger partial charge in [0.25, 0.3) is 0 Å². The molecule has 1 rings (SSSR count). The molecule has 0 saturated carbocycles. The highest BCUT2D eigenvalue weighted by Gasteiger charge is 2.07. The monoisotopic (exact) mass is 253 g/mol. The summed E-state index contributed by atoms with van der Waals surface area (Å²) in [4.78, 5) is 11.7. The number of amides is 1. The average Bonchev–Trinajstić information content (AvgIpc) is 2.24. The average molecular weight is 254 g/mol. The van der Waals surface area contributed by atoms with Crippen molar-refractivity contribution < 1.29 is 4.79 Å². The molecule has 0 radical (unpaired) electrons. The summed E-state index contributed by atoms with van der Waals surface area (Å²) < 4.78 is 0. The molecule has 0 aliphatic heterocycles. The summed E-state index contributed by atoms with van der Waals surface area (Å²) in [6, 6.07) is 4.17. The molecule has 94 valence electrons. The number of nitrogens with one attached hydrogen (secondary N) is 1. The van der Waals surface area contributed by atoms with E-state index in [0.717, 1.165) is 29.7 Å². The summed E-state index contributed by atoms with van der Waals surface area (Å²) in [7, 11) is 0. The molecule has 2 nitrogen and oxygen atoms in total. The summed E-state index contributed by atoms with van der Waals surface area (Å²) in [6.45, 7) is 6.11. The maximum absolute atomic E-state index is 11.7. The number of aryl methyl sites for hydroxylation is 3. The van der Waals surface area contributed by atoms with E-state index in [1.165, 1.54) is 5.56 Å². The molecule has 1 aromatic rings. The molecule has 0 fully saturated rings. The minimum atomic E-state index is 0.0742. The standard InChI is InChI=1S/C14H20ClNO/c1-10-8-11(2)14(12(3)9-10)16-13(17)6-4-5-7-15/h8-9H,4-7H2,1-3H3,(H,16,17). The summed E-state index contributed by atoms with van der Waals surface area (Å²) >= 11 is 5.58. The van der Waals surface area contributed by atoms with Gasteiger partial charge in [-0.2, -0.15) is 0 Å². The summed E-state index contributed by atoms with van der Waals surface area (Å²) in [6.07, 6.45) is 2.28. The van der Waals surface area contributed by atoms with Gasteiger partial charge in [0.05, 0.1) is 0 Å². The lowest BCUT2D eigenvalue weighted by Crippen LogP contribution is -2.13. The largest absolute Gasteiger partial charge is 0.326 e. The van der Waals surface area contributed by atoms with E-state index >= 15 is 0 Å². The fourth-order valence-corrected chi connectivity index (χ4v) is 2.15.